The number of aromatic nitrogens is 3. The summed E-state index contributed by atoms with van der Waals surface area (Å²) in [6, 6.07) is 4.92. The Hall–Kier alpha value is -4.53. The van der Waals surface area contributed by atoms with Crippen LogP contribution in [0, 0.1) is 12.7 Å². The van der Waals surface area contributed by atoms with Crippen molar-refractivity contribution in [2.45, 2.75) is 24.9 Å². The Morgan fingerprint density at radius 3 is 2.72 bits per heavy atom. The van der Waals surface area contributed by atoms with Crippen LogP contribution in [-0.2, 0) is 9.53 Å². The van der Waals surface area contributed by atoms with Crippen LogP contribution in [0.15, 0.2) is 47.2 Å². The van der Waals surface area contributed by atoms with Gasteiger partial charge in [0.2, 0.25) is 0 Å². The summed E-state index contributed by atoms with van der Waals surface area (Å²) in [5.74, 6) is -5.40. The Morgan fingerprint density at radius 2 is 2.03 bits per heavy atom. The molecule has 12 nitrogen and oxygen atoms in total. The van der Waals surface area contributed by atoms with E-state index in [1.54, 1.807) is 0 Å². The largest absolute Gasteiger partial charge is 0.382 e. The second-order valence-corrected chi connectivity index (χ2v) is 8.74. The number of alkyl halides is 2. The number of anilines is 1. The highest BCUT2D eigenvalue weighted by Gasteiger charge is 2.42. The van der Waals surface area contributed by atoms with Gasteiger partial charge in [0.1, 0.15) is 23.4 Å². The SMILES string of the molecule is COC[C@H](c1ccnc(NC(=O)[C@@H](NC(=O)c2nonc2C)c2cccc(F)c2)c1)N1CC(F)(F)CNC1=O. The van der Waals surface area contributed by atoms with Crippen molar-refractivity contribution in [3.8, 4) is 0 Å². The molecule has 4 rings (SSSR count). The number of hydrogen-bond donors (Lipinski definition) is 3. The first-order chi connectivity index (χ1) is 18.6. The summed E-state index contributed by atoms with van der Waals surface area (Å²) < 4.78 is 51.8. The van der Waals surface area contributed by atoms with Crippen molar-refractivity contribution in [1.29, 1.82) is 0 Å². The Morgan fingerprint density at radius 1 is 1.23 bits per heavy atom. The van der Waals surface area contributed by atoms with E-state index in [9.17, 15) is 27.6 Å². The third-order valence-corrected chi connectivity index (χ3v) is 5.87. The van der Waals surface area contributed by atoms with Crippen LogP contribution in [0.25, 0.3) is 0 Å². The molecule has 1 saturated heterocycles. The molecule has 1 aliphatic rings. The molecule has 39 heavy (non-hydrogen) atoms. The number of ether oxygens (including phenoxy) is 1. The molecule has 3 N–H and O–H groups in total. The van der Waals surface area contributed by atoms with Gasteiger partial charge in [0, 0.05) is 13.3 Å². The third-order valence-electron chi connectivity index (χ3n) is 5.87. The van der Waals surface area contributed by atoms with Crippen molar-refractivity contribution in [2.75, 3.05) is 32.1 Å². The lowest BCUT2D eigenvalue weighted by atomic mass is 10.0. The van der Waals surface area contributed by atoms with Crippen LogP contribution in [0.3, 0.4) is 0 Å². The summed E-state index contributed by atoms with van der Waals surface area (Å²) in [7, 11) is 1.36. The van der Waals surface area contributed by atoms with Crippen LogP contribution in [0.4, 0.5) is 23.8 Å². The van der Waals surface area contributed by atoms with E-state index in [4.69, 9.17) is 4.74 Å². The maximum absolute atomic E-state index is 14.1. The van der Waals surface area contributed by atoms with Gasteiger partial charge in [0.25, 0.3) is 17.7 Å². The molecular formula is C24H24F3N7O5. The normalized spacial score (nSPS) is 16.2. The molecule has 0 bridgehead atoms. The Labute approximate surface area is 219 Å². The molecular weight excluding hydrogens is 523 g/mol. The molecule has 4 amide bonds. The molecule has 2 aromatic heterocycles. The maximum Gasteiger partial charge on any atom is 0.318 e. The van der Waals surface area contributed by atoms with Gasteiger partial charge in [-0.1, -0.05) is 17.3 Å². The van der Waals surface area contributed by atoms with Gasteiger partial charge in [-0.3, -0.25) is 9.59 Å². The number of carbonyl (C=O) groups excluding carboxylic acids is 3. The van der Waals surface area contributed by atoms with Crippen LogP contribution >= 0.6 is 0 Å². The second-order valence-electron chi connectivity index (χ2n) is 8.74. The minimum Gasteiger partial charge on any atom is -0.382 e. The van der Waals surface area contributed by atoms with Crippen molar-refractivity contribution in [1.82, 2.24) is 30.8 Å². The highest BCUT2D eigenvalue weighted by molar-refractivity contribution is 6.00. The predicted octanol–water partition coefficient (Wildman–Crippen LogP) is 2.37. The highest BCUT2D eigenvalue weighted by atomic mass is 19.3. The molecule has 1 aliphatic heterocycles. The first kappa shape index (κ1) is 27.5. The number of pyridine rings is 1. The predicted molar refractivity (Wildman–Crippen MR) is 128 cm³/mol. The van der Waals surface area contributed by atoms with Gasteiger partial charge < -0.3 is 25.6 Å². The average molecular weight is 547 g/mol. The lowest BCUT2D eigenvalue weighted by Gasteiger charge is -2.38. The summed E-state index contributed by atoms with van der Waals surface area (Å²) in [5.41, 5.74) is 0.487. The van der Waals surface area contributed by atoms with Crippen LogP contribution in [0.1, 0.15) is 39.4 Å². The zero-order valence-corrected chi connectivity index (χ0v) is 20.8. The van der Waals surface area contributed by atoms with E-state index in [-0.39, 0.29) is 29.4 Å². The van der Waals surface area contributed by atoms with Gasteiger partial charge in [-0.05, 0) is 47.5 Å². The smallest absolute Gasteiger partial charge is 0.318 e. The number of urea groups is 1. The first-order valence-electron chi connectivity index (χ1n) is 11.6. The van der Waals surface area contributed by atoms with Crippen LogP contribution in [-0.4, -0.2) is 70.8 Å². The van der Waals surface area contributed by atoms with Crippen molar-refractivity contribution in [3.05, 3.63) is 70.9 Å². The fourth-order valence-electron chi connectivity index (χ4n) is 4.00. The highest BCUT2D eigenvalue weighted by Crippen LogP contribution is 2.29. The van der Waals surface area contributed by atoms with Crippen LogP contribution < -0.4 is 16.0 Å². The van der Waals surface area contributed by atoms with Crippen LogP contribution in [0.5, 0.6) is 0 Å². The van der Waals surface area contributed by atoms with E-state index in [1.165, 1.54) is 50.6 Å². The molecule has 1 fully saturated rings. The van der Waals surface area contributed by atoms with E-state index >= 15 is 0 Å². The zero-order chi connectivity index (χ0) is 28.2. The van der Waals surface area contributed by atoms with Crippen molar-refractivity contribution >= 4 is 23.7 Å². The number of benzene rings is 1. The standard InChI is InChI=1S/C24H24F3N7O5/c1-13-19(33-39-32-13)21(35)31-20(15-4-3-5-16(25)8-15)22(36)30-18-9-14(6-7-28-18)17(10-38-2)34-12-24(26,27)11-29-23(34)37/h3-9,17,20H,10-12H2,1-2H3,(H,29,37)(H,31,35)(H,28,30,36)/t17-,20+/m1/s1. The first-order valence-corrected chi connectivity index (χ1v) is 11.6. The number of hydrogen-bond acceptors (Lipinski definition) is 8. The van der Waals surface area contributed by atoms with Gasteiger partial charge in [-0.25, -0.2) is 27.6 Å². The number of halogens is 3. The number of carbonyl (C=O) groups is 3. The van der Waals surface area contributed by atoms with E-state index in [2.05, 4.69) is 35.9 Å². The number of nitrogens with zero attached hydrogens (tertiary/aromatic N) is 4. The lowest BCUT2D eigenvalue weighted by molar-refractivity contribution is -0.118. The van der Waals surface area contributed by atoms with Gasteiger partial charge in [0.15, 0.2) is 5.69 Å². The summed E-state index contributed by atoms with van der Waals surface area (Å²) in [5, 5.41) is 14.2. The number of methoxy groups -OCH3 is 1. The van der Waals surface area contributed by atoms with Crippen molar-refractivity contribution < 1.29 is 36.9 Å². The van der Waals surface area contributed by atoms with E-state index in [0.717, 1.165) is 11.0 Å². The molecule has 3 aromatic rings. The summed E-state index contributed by atoms with van der Waals surface area (Å²) in [4.78, 5) is 43.5. The van der Waals surface area contributed by atoms with Gasteiger partial charge in [-0.2, -0.15) is 0 Å². The van der Waals surface area contributed by atoms with Gasteiger partial charge in [0.05, 0.1) is 25.7 Å². The minimum absolute atomic E-state index is 0.0160. The number of aryl methyl sites for hydroxylation is 1. The van der Waals surface area contributed by atoms with E-state index in [0.29, 0.717) is 5.56 Å². The van der Waals surface area contributed by atoms with E-state index in [1.807, 2.05) is 0 Å². The number of rotatable bonds is 9. The molecule has 3 heterocycles. The third kappa shape index (κ3) is 6.49. The topological polar surface area (TPSA) is 152 Å². The fraction of sp³-hybridized carbons (Fsp3) is 0.333. The van der Waals surface area contributed by atoms with Gasteiger partial charge >= 0.3 is 6.03 Å². The molecule has 0 spiro atoms. The Bertz CT molecular complexity index is 1370. The molecule has 1 aromatic carbocycles. The Kier molecular flexibility index (Phi) is 8.09. The maximum atomic E-state index is 14.1. The molecule has 0 unspecified atom stereocenters. The summed E-state index contributed by atoms with van der Waals surface area (Å²) in [6.07, 6.45) is 1.31. The molecule has 0 saturated carbocycles. The molecule has 0 radical (unpaired) electrons. The zero-order valence-electron chi connectivity index (χ0n) is 20.8. The fourth-order valence-corrected chi connectivity index (χ4v) is 4.00. The Balaban J connectivity index is 1.60. The van der Waals surface area contributed by atoms with Crippen LogP contribution in [0.2, 0.25) is 0 Å². The lowest BCUT2D eigenvalue weighted by Crippen LogP contribution is -2.58. The van der Waals surface area contributed by atoms with Crippen molar-refractivity contribution in [3.63, 3.8) is 0 Å². The molecule has 206 valence electrons. The molecule has 0 aliphatic carbocycles. The second kappa shape index (κ2) is 11.5. The minimum atomic E-state index is -3.15. The van der Waals surface area contributed by atoms with Gasteiger partial charge in [-0.15, -0.1) is 0 Å². The summed E-state index contributed by atoms with van der Waals surface area (Å²) in [6.45, 7) is -0.251. The van der Waals surface area contributed by atoms with Crippen molar-refractivity contribution in [2.24, 2.45) is 0 Å². The average Bonchev–Trinajstić information content (AvgIpc) is 3.33. The number of nitrogens with one attached hydrogen (secondary N) is 3. The van der Waals surface area contributed by atoms with E-state index < -0.39 is 54.8 Å². The summed E-state index contributed by atoms with van der Waals surface area (Å²) >= 11 is 0. The quantitative estimate of drug-likeness (QED) is 0.369. The monoisotopic (exact) mass is 547 g/mol. The molecule has 2 atom stereocenters. The number of amides is 4. The molecule has 15 heteroatoms.